The fourth-order valence-corrected chi connectivity index (χ4v) is 3.11. The van der Waals surface area contributed by atoms with Gasteiger partial charge in [0.15, 0.2) is 0 Å². The highest BCUT2D eigenvalue weighted by Crippen LogP contribution is 2.24. The summed E-state index contributed by atoms with van der Waals surface area (Å²) in [6.07, 6.45) is 0.798. The van der Waals surface area contributed by atoms with Crippen LogP contribution in [-0.4, -0.2) is 39.9 Å². The van der Waals surface area contributed by atoms with Crippen molar-refractivity contribution >= 4 is 10.0 Å². The molecule has 0 radical (unpaired) electrons. The molecular weight excluding hydrogens is 272 g/mol. The smallest absolute Gasteiger partial charge is 0.242 e. The van der Waals surface area contributed by atoms with Crippen molar-refractivity contribution in [2.24, 2.45) is 0 Å². The molecule has 0 atom stereocenters. The fourth-order valence-electron chi connectivity index (χ4n) is 1.91. The lowest BCUT2D eigenvalue weighted by Crippen LogP contribution is -2.29. The molecule has 5 heteroatoms. The number of benzene rings is 1. The van der Waals surface area contributed by atoms with E-state index in [1.165, 1.54) is 4.31 Å². The van der Waals surface area contributed by atoms with Gasteiger partial charge in [-0.05, 0) is 43.1 Å². The van der Waals surface area contributed by atoms with E-state index in [-0.39, 0.29) is 5.41 Å². The summed E-state index contributed by atoms with van der Waals surface area (Å²) in [6.45, 7) is 7.66. The van der Waals surface area contributed by atoms with Gasteiger partial charge in [0.05, 0.1) is 4.90 Å². The molecule has 1 aromatic rings. The Kier molecular flexibility index (Phi) is 5.74. The van der Waals surface area contributed by atoms with Gasteiger partial charge in [-0.25, -0.2) is 12.7 Å². The van der Waals surface area contributed by atoms with Crippen molar-refractivity contribution < 1.29 is 8.42 Å². The second-order valence-corrected chi connectivity index (χ2v) is 8.10. The Balaban J connectivity index is 2.87. The molecule has 0 aliphatic carbocycles. The molecule has 0 amide bonds. The van der Waals surface area contributed by atoms with E-state index in [1.54, 1.807) is 19.2 Å². The first-order valence-corrected chi connectivity index (χ1v) is 8.35. The zero-order chi connectivity index (χ0) is 15.4. The van der Waals surface area contributed by atoms with Gasteiger partial charge in [-0.2, -0.15) is 0 Å². The van der Waals surface area contributed by atoms with Gasteiger partial charge in [-0.1, -0.05) is 32.9 Å². The minimum atomic E-state index is -3.38. The third-order valence-electron chi connectivity index (χ3n) is 3.33. The van der Waals surface area contributed by atoms with Gasteiger partial charge >= 0.3 is 0 Å². The van der Waals surface area contributed by atoms with E-state index >= 15 is 0 Å². The van der Waals surface area contributed by atoms with E-state index < -0.39 is 10.0 Å². The second kappa shape index (κ2) is 6.70. The molecule has 0 spiro atoms. The Morgan fingerprint density at radius 2 is 1.70 bits per heavy atom. The van der Waals surface area contributed by atoms with Crippen molar-refractivity contribution in [2.45, 2.75) is 37.5 Å². The first kappa shape index (κ1) is 17.1. The molecule has 0 saturated heterocycles. The standard InChI is InChI=1S/C15H26N2O2S/c1-15(2,3)13-7-9-14(10-8-13)20(18,19)17(5)12-6-11-16-4/h7-10,16H,6,11-12H2,1-5H3. The molecule has 1 rings (SSSR count). The van der Waals surface area contributed by atoms with Gasteiger partial charge in [0.2, 0.25) is 10.0 Å². The average molecular weight is 298 g/mol. The van der Waals surface area contributed by atoms with Gasteiger partial charge in [-0.15, -0.1) is 0 Å². The van der Waals surface area contributed by atoms with Gasteiger partial charge in [0, 0.05) is 13.6 Å². The Morgan fingerprint density at radius 1 is 1.15 bits per heavy atom. The van der Waals surface area contributed by atoms with E-state index in [4.69, 9.17) is 0 Å². The minimum absolute atomic E-state index is 0.0288. The fraction of sp³-hybridized carbons (Fsp3) is 0.600. The van der Waals surface area contributed by atoms with E-state index in [0.717, 1.165) is 18.5 Å². The first-order valence-electron chi connectivity index (χ1n) is 6.91. The van der Waals surface area contributed by atoms with Crippen LogP contribution >= 0.6 is 0 Å². The predicted molar refractivity (Wildman–Crippen MR) is 83.5 cm³/mol. The van der Waals surface area contributed by atoms with Crippen LogP contribution in [0.3, 0.4) is 0 Å². The zero-order valence-electron chi connectivity index (χ0n) is 13.1. The molecule has 0 bridgehead atoms. The number of sulfonamides is 1. The second-order valence-electron chi connectivity index (χ2n) is 6.06. The average Bonchev–Trinajstić information content (AvgIpc) is 2.38. The highest BCUT2D eigenvalue weighted by atomic mass is 32.2. The minimum Gasteiger partial charge on any atom is -0.320 e. The van der Waals surface area contributed by atoms with E-state index in [9.17, 15) is 8.42 Å². The Bertz CT molecular complexity index is 516. The molecular formula is C15H26N2O2S. The number of nitrogens with one attached hydrogen (secondary N) is 1. The molecule has 1 aromatic carbocycles. The van der Waals surface area contributed by atoms with Crippen molar-refractivity contribution in [2.75, 3.05) is 27.2 Å². The maximum Gasteiger partial charge on any atom is 0.242 e. The van der Waals surface area contributed by atoms with E-state index in [1.807, 2.05) is 19.2 Å². The summed E-state index contributed by atoms with van der Waals surface area (Å²) in [6, 6.07) is 7.19. The van der Waals surface area contributed by atoms with Crippen LogP contribution < -0.4 is 5.32 Å². The maximum atomic E-state index is 12.4. The SMILES string of the molecule is CNCCCN(C)S(=O)(=O)c1ccc(C(C)(C)C)cc1. The van der Waals surface area contributed by atoms with Gasteiger partial charge < -0.3 is 5.32 Å². The lowest BCUT2D eigenvalue weighted by molar-refractivity contribution is 0.458. The van der Waals surface area contributed by atoms with Crippen molar-refractivity contribution in [3.8, 4) is 0 Å². The normalized spacial score (nSPS) is 12.9. The van der Waals surface area contributed by atoms with Gasteiger partial charge in [0.25, 0.3) is 0 Å². The van der Waals surface area contributed by atoms with Crippen LogP contribution in [0.1, 0.15) is 32.8 Å². The van der Waals surface area contributed by atoms with Crippen LogP contribution in [0.2, 0.25) is 0 Å². The topological polar surface area (TPSA) is 49.4 Å². The van der Waals surface area contributed by atoms with Crippen molar-refractivity contribution in [1.82, 2.24) is 9.62 Å². The zero-order valence-corrected chi connectivity index (χ0v) is 13.9. The largest absolute Gasteiger partial charge is 0.320 e. The molecule has 4 nitrogen and oxygen atoms in total. The van der Waals surface area contributed by atoms with Crippen LogP contribution in [-0.2, 0) is 15.4 Å². The van der Waals surface area contributed by atoms with Crippen molar-refractivity contribution in [1.29, 1.82) is 0 Å². The quantitative estimate of drug-likeness (QED) is 0.819. The Labute approximate surface area is 123 Å². The molecule has 1 N–H and O–H groups in total. The lowest BCUT2D eigenvalue weighted by Gasteiger charge is -2.21. The van der Waals surface area contributed by atoms with Gasteiger partial charge in [0.1, 0.15) is 0 Å². The maximum absolute atomic E-state index is 12.4. The molecule has 0 fully saturated rings. The summed E-state index contributed by atoms with van der Waals surface area (Å²) in [4.78, 5) is 0.359. The van der Waals surface area contributed by atoms with E-state index in [2.05, 4.69) is 26.1 Å². The first-order chi connectivity index (χ1) is 9.19. The molecule has 0 aromatic heterocycles. The Morgan fingerprint density at radius 3 is 2.15 bits per heavy atom. The van der Waals surface area contributed by atoms with Crippen LogP contribution in [0.5, 0.6) is 0 Å². The summed E-state index contributed by atoms with van der Waals surface area (Å²) < 4.78 is 26.2. The molecule has 114 valence electrons. The third kappa shape index (κ3) is 4.30. The van der Waals surface area contributed by atoms with Crippen LogP contribution in [0.4, 0.5) is 0 Å². The van der Waals surface area contributed by atoms with Crippen molar-refractivity contribution in [3.63, 3.8) is 0 Å². The number of nitrogens with zero attached hydrogens (tertiary/aromatic N) is 1. The third-order valence-corrected chi connectivity index (χ3v) is 5.20. The highest BCUT2D eigenvalue weighted by Gasteiger charge is 2.21. The summed E-state index contributed by atoms with van der Waals surface area (Å²) in [7, 11) is 0.112. The monoisotopic (exact) mass is 298 g/mol. The molecule has 0 unspecified atom stereocenters. The molecule has 0 heterocycles. The lowest BCUT2D eigenvalue weighted by atomic mass is 9.87. The number of hydrogen-bond donors (Lipinski definition) is 1. The van der Waals surface area contributed by atoms with Crippen LogP contribution in [0.15, 0.2) is 29.2 Å². The highest BCUT2D eigenvalue weighted by molar-refractivity contribution is 7.89. The van der Waals surface area contributed by atoms with Crippen LogP contribution in [0.25, 0.3) is 0 Å². The number of rotatable bonds is 6. The van der Waals surface area contributed by atoms with Crippen molar-refractivity contribution in [3.05, 3.63) is 29.8 Å². The summed E-state index contributed by atoms with van der Waals surface area (Å²) >= 11 is 0. The van der Waals surface area contributed by atoms with Gasteiger partial charge in [-0.3, -0.25) is 0 Å². The summed E-state index contributed by atoms with van der Waals surface area (Å²) in [5.74, 6) is 0. The summed E-state index contributed by atoms with van der Waals surface area (Å²) in [5, 5.41) is 3.02. The summed E-state index contributed by atoms with van der Waals surface area (Å²) in [5.41, 5.74) is 1.16. The number of hydrogen-bond acceptors (Lipinski definition) is 3. The van der Waals surface area contributed by atoms with E-state index in [0.29, 0.717) is 11.4 Å². The molecule has 20 heavy (non-hydrogen) atoms. The Hall–Kier alpha value is -0.910. The molecule has 0 saturated carbocycles. The predicted octanol–water partition coefficient (Wildman–Crippen LogP) is 2.21. The van der Waals surface area contributed by atoms with Crippen LogP contribution in [0, 0.1) is 0 Å². The molecule has 0 aliphatic heterocycles. The molecule has 0 aliphatic rings.